The van der Waals surface area contributed by atoms with Crippen LogP contribution in [-0.4, -0.2) is 29.7 Å². The second-order valence-corrected chi connectivity index (χ2v) is 5.69. The molecule has 1 N–H and O–H groups in total. The van der Waals surface area contributed by atoms with Crippen LogP contribution in [0.2, 0.25) is 0 Å². The third kappa shape index (κ3) is 3.64. The van der Waals surface area contributed by atoms with Crippen molar-refractivity contribution in [3.05, 3.63) is 66.7 Å². The average molecular weight is 350 g/mol. The molecule has 132 valence electrons. The van der Waals surface area contributed by atoms with Crippen molar-refractivity contribution in [1.29, 1.82) is 0 Å². The third-order valence-corrected chi connectivity index (χ3v) is 3.82. The van der Waals surface area contributed by atoms with E-state index in [0.29, 0.717) is 28.8 Å². The molecule has 0 fully saturated rings. The van der Waals surface area contributed by atoms with Gasteiger partial charge in [-0.25, -0.2) is 4.79 Å². The van der Waals surface area contributed by atoms with E-state index in [1.807, 2.05) is 30.3 Å². The van der Waals surface area contributed by atoms with Crippen LogP contribution in [0.5, 0.6) is 0 Å². The van der Waals surface area contributed by atoms with Gasteiger partial charge in [0.25, 0.3) is 5.91 Å². The lowest BCUT2D eigenvalue weighted by atomic mass is 10.1. The lowest BCUT2D eigenvalue weighted by Crippen LogP contribution is -2.35. The van der Waals surface area contributed by atoms with Crippen LogP contribution >= 0.6 is 0 Å². The Morgan fingerprint density at radius 2 is 2.04 bits per heavy atom. The molecule has 1 heterocycles. The number of rotatable bonds is 6. The molecule has 6 heteroatoms. The van der Waals surface area contributed by atoms with E-state index in [1.165, 1.54) is 6.92 Å². The van der Waals surface area contributed by atoms with Gasteiger partial charge < -0.3 is 14.6 Å². The number of benzene rings is 2. The minimum atomic E-state index is -0.908. The Morgan fingerprint density at radius 3 is 2.77 bits per heavy atom. The quantitative estimate of drug-likeness (QED) is 0.545. The average Bonchev–Trinajstić information content (AvgIpc) is 3.09. The maximum absolute atomic E-state index is 12.4. The summed E-state index contributed by atoms with van der Waals surface area (Å²) in [6.45, 7) is 5.35. The first-order chi connectivity index (χ1) is 12.6. The summed E-state index contributed by atoms with van der Waals surface area (Å²) in [5.41, 5.74) is 1.82. The molecule has 3 aromatic rings. The number of hydrogen-bond acceptors (Lipinski definition) is 5. The molecule has 1 aromatic heterocycles. The van der Waals surface area contributed by atoms with Crippen molar-refractivity contribution in [2.24, 2.45) is 0 Å². The predicted octanol–water partition coefficient (Wildman–Crippen LogP) is 3.34. The lowest BCUT2D eigenvalue weighted by molar-refractivity contribution is -0.128. The maximum Gasteiger partial charge on any atom is 0.338 e. The van der Waals surface area contributed by atoms with Gasteiger partial charge in [0.05, 0.1) is 10.9 Å². The molecule has 0 bridgehead atoms. The fourth-order valence-electron chi connectivity index (χ4n) is 2.46. The summed E-state index contributed by atoms with van der Waals surface area (Å²) in [5.74, 6) is -0.394. The van der Waals surface area contributed by atoms with Crippen molar-refractivity contribution in [1.82, 2.24) is 10.5 Å². The Morgan fingerprint density at radius 1 is 1.27 bits per heavy atom. The number of nitrogens with zero attached hydrogens (tertiary/aromatic N) is 1. The number of amides is 1. The summed E-state index contributed by atoms with van der Waals surface area (Å²) in [6, 6.07) is 14.4. The van der Waals surface area contributed by atoms with Gasteiger partial charge >= 0.3 is 5.97 Å². The van der Waals surface area contributed by atoms with Crippen molar-refractivity contribution in [3.8, 4) is 11.3 Å². The molecule has 2 aromatic carbocycles. The molecule has 0 aliphatic heterocycles. The second-order valence-electron chi connectivity index (χ2n) is 5.69. The van der Waals surface area contributed by atoms with Gasteiger partial charge in [0.2, 0.25) is 0 Å². The highest BCUT2D eigenvalue weighted by molar-refractivity contribution is 5.99. The van der Waals surface area contributed by atoms with Crippen LogP contribution < -0.4 is 5.32 Å². The molecule has 0 aliphatic carbocycles. The molecule has 0 radical (unpaired) electrons. The summed E-state index contributed by atoms with van der Waals surface area (Å²) in [4.78, 5) is 24.2. The highest BCUT2D eigenvalue weighted by Gasteiger charge is 2.20. The van der Waals surface area contributed by atoms with E-state index in [2.05, 4.69) is 17.1 Å². The van der Waals surface area contributed by atoms with Crippen LogP contribution in [-0.2, 0) is 9.53 Å². The largest absolute Gasteiger partial charge is 0.449 e. The van der Waals surface area contributed by atoms with Crippen LogP contribution in [0.4, 0.5) is 0 Å². The van der Waals surface area contributed by atoms with E-state index in [-0.39, 0.29) is 5.91 Å². The first-order valence-electron chi connectivity index (χ1n) is 8.14. The van der Waals surface area contributed by atoms with Crippen LogP contribution in [0.3, 0.4) is 0 Å². The van der Waals surface area contributed by atoms with Crippen molar-refractivity contribution >= 4 is 22.8 Å². The maximum atomic E-state index is 12.4. The molecule has 0 saturated carbocycles. The molecule has 0 spiro atoms. The number of ether oxygens (including phenoxy) is 1. The summed E-state index contributed by atoms with van der Waals surface area (Å²) < 4.78 is 10.7. The van der Waals surface area contributed by atoms with Gasteiger partial charge in [-0.05, 0) is 25.1 Å². The first kappa shape index (κ1) is 17.4. The van der Waals surface area contributed by atoms with Gasteiger partial charge in [-0.1, -0.05) is 41.6 Å². The standard InChI is InChI=1S/C20H18N2O4/c1-3-11-21-19(23)13(2)25-20(24)15-9-10-17-16(12-15)18(26-22-17)14-7-5-4-6-8-14/h3-10,12-13H,1,11H2,2H3,(H,21,23)/t13-/m1/s1. The highest BCUT2D eigenvalue weighted by Crippen LogP contribution is 2.29. The Labute approximate surface area is 150 Å². The van der Waals surface area contributed by atoms with Gasteiger partial charge in [-0.3, -0.25) is 4.79 Å². The van der Waals surface area contributed by atoms with Crippen molar-refractivity contribution in [2.75, 3.05) is 6.54 Å². The zero-order chi connectivity index (χ0) is 18.5. The monoisotopic (exact) mass is 350 g/mol. The SMILES string of the molecule is C=CCNC(=O)[C@@H](C)OC(=O)c1ccc2noc(-c3ccccc3)c2c1. The number of aromatic nitrogens is 1. The molecule has 3 rings (SSSR count). The summed E-state index contributed by atoms with van der Waals surface area (Å²) in [6.07, 6.45) is 0.645. The van der Waals surface area contributed by atoms with E-state index < -0.39 is 12.1 Å². The van der Waals surface area contributed by atoms with E-state index >= 15 is 0 Å². The molecule has 6 nitrogen and oxygen atoms in total. The molecular formula is C20H18N2O4. The van der Waals surface area contributed by atoms with Gasteiger partial charge in [0, 0.05) is 12.1 Å². The number of carbonyl (C=O) groups excluding carboxylic acids is 2. The molecular weight excluding hydrogens is 332 g/mol. The van der Waals surface area contributed by atoms with E-state index in [9.17, 15) is 9.59 Å². The molecule has 1 atom stereocenters. The number of nitrogens with one attached hydrogen (secondary N) is 1. The number of esters is 1. The molecule has 26 heavy (non-hydrogen) atoms. The zero-order valence-corrected chi connectivity index (χ0v) is 14.3. The van der Waals surface area contributed by atoms with Crippen LogP contribution in [0.15, 0.2) is 65.7 Å². The summed E-state index contributed by atoms with van der Waals surface area (Å²) in [7, 11) is 0. The topological polar surface area (TPSA) is 81.4 Å². The molecule has 1 amide bonds. The Balaban J connectivity index is 1.83. The Hall–Kier alpha value is -3.41. The third-order valence-electron chi connectivity index (χ3n) is 3.82. The van der Waals surface area contributed by atoms with Gasteiger partial charge in [0.1, 0.15) is 5.52 Å². The number of fused-ring (bicyclic) bond motifs is 1. The summed E-state index contributed by atoms with van der Waals surface area (Å²) >= 11 is 0. The van der Waals surface area contributed by atoms with Gasteiger partial charge in [0.15, 0.2) is 11.9 Å². The number of hydrogen-bond donors (Lipinski definition) is 1. The molecule has 0 aliphatic rings. The summed E-state index contributed by atoms with van der Waals surface area (Å²) in [5, 5.41) is 7.31. The second kappa shape index (κ2) is 7.65. The van der Waals surface area contributed by atoms with E-state index in [1.54, 1.807) is 24.3 Å². The van der Waals surface area contributed by atoms with Crippen molar-refractivity contribution < 1.29 is 18.8 Å². The molecule has 0 saturated heterocycles. The van der Waals surface area contributed by atoms with Crippen LogP contribution in [0.1, 0.15) is 17.3 Å². The van der Waals surface area contributed by atoms with E-state index in [4.69, 9.17) is 9.26 Å². The fraction of sp³-hybridized carbons (Fsp3) is 0.150. The van der Waals surface area contributed by atoms with Crippen molar-refractivity contribution in [2.45, 2.75) is 13.0 Å². The number of carbonyl (C=O) groups is 2. The van der Waals surface area contributed by atoms with Gasteiger partial charge in [-0.2, -0.15) is 0 Å². The minimum Gasteiger partial charge on any atom is -0.449 e. The smallest absolute Gasteiger partial charge is 0.338 e. The normalized spacial score (nSPS) is 11.7. The van der Waals surface area contributed by atoms with Crippen LogP contribution in [0.25, 0.3) is 22.2 Å². The zero-order valence-electron chi connectivity index (χ0n) is 14.3. The Kier molecular flexibility index (Phi) is 5.12. The minimum absolute atomic E-state index is 0.313. The Bertz CT molecular complexity index is 947. The first-order valence-corrected chi connectivity index (χ1v) is 8.14. The fourth-order valence-corrected chi connectivity index (χ4v) is 2.46. The van der Waals surface area contributed by atoms with Crippen molar-refractivity contribution in [3.63, 3.8) is 0 Å². The molecule has 0 unspecified atom stereocenters. The van der Waals surface area contributed by atoms with E-state index in [0.717, 1.165) is 5.56 Å². The van der Waals surface area contributed by atoms with Gasteiger partial charge in [-0.15, -0.1) is 6.58 Å². The highest BCUT2D eigenvalue weighted by atomic mass is 16.5. The predicted molar refractivity (Wildman–Crippen MR) is 97.5 cm³/mol. The lowest BCUT2D eigenvalue weighted by Gasteiger charge is -2.12. The van der Waals surface area contributed by atoms with Crippen LogP contribution in [0, 0.1) is 0 Å².